The number of sulfonamides is 1. The molecule has 122 valence electrons. The fraction of sp³-hybridized carbons (Fsp3) is 0.500. The van der Waals surface area contributed by atoms with E-state index in [2.05, 4.69) is 9.90 Å². The summed E-state index contributed by atoms with van der Waals surface area (Å²) in [4.78, 5) is 21.9. The average molecular weight is 328 g/mol. The Labute approximate surface area is 130 Å². The molecule has 8 heteroatoms. The molecule has 22 heavy (non-hydrogen) atoms. The molecule has 0 heterocycles. The maximum atomic E-state index is 12.1. The number of amides is 1. The molecule has 7 nitrogen and oxygen atoms in total. The number of rotatable bonds is 7. The highest BCUT2D eigenvalue weighted by atomic mass is 32.2. The van der Waals surface area contributed by atoms with Gasteiger partial charge in [0.25, 0.3) is 0 Å². The Kier molecular flexibility index (Phi) is 6.34. The second-order valence-corrected chi connectivity index (χ2v) is 7.52. The van der Waals surface area contributed by atoms with Gasteiger partial charge in [-0.05, 0) is 26.3 Å². The monoisotopic (exact) mass is 328 g/mol. The molecule has 0 radical (unpaired) electrons. The van der Waals surface area contributed by atoms with Gasteiger partial charge in [-0.3, -0.25) is 4.79 Å². The maximum Gasteiger partial charge on any atom is 0.306 e. The van der Waals surface area contributed by atoms with Gasteiger partial charge in [0.05, 0.1) is 18.0 Å². The molecule has 1 rings (SSSR count). The lowest BCUT2D eigenvalue weighted by Crippen LogP contribution is -2.45. The predicted molar refractivity (Wildman–Crippen MR) is 82.5 cm³/mol. The van der Waals surface area contributed by atoms with Crippen molar-refractivity contribution in [2.45, 2.75) is 38.2 Å². The second kappa shape index (κ2) is 7.57. The van der Waals surface area contributed by atoms with E-state index < -0.39 is 27.6 Å². The van der Waals surface area contributed by atoms with Crippen molar-refractivity contribution in [2.75, 3.05) is 6.61 Å². The first-order valence-corrected chi connectivity index (χ1v) is 8.33. The maximum absolute atomic E-state index is 12.1. The van der Waals surface area contributed by atoms with Gasteiger partial charge in [0.2, 0.25) is 10.0 Å². The van der Waals surface area contributed by atoms with Crippen LogP contribution in [0.2, 0.25) is 0 Å². The van der Waals surface area contributed by atoms with Crippen molar-refractivity contribution >= 4 is 15.9 Å². The zero-order valence-corrected chi connectivity index (χ0v) is 13.6. The molecular weight excluding hydrogens is 308 g/mol. The smallest absolute Gasteiger partial charge is 0.306 e. The lowest BCUT2D eigenvalue weighted by molar-refractivity contribution is -0.122. The number of nitrogens with one attached hydrogen (secondary N) is 1. The Morgan fingerprint density at radius 3 is 2.36 bits per heavy atom. The minimum absolute atomic E-state index is 0.262. The standard InChI is InChI=1S/C14H20N2O5S/c1-14(2,3)21-9-12(13(17)15-18)16-22(19,20)10-11-7-5-4-6-8-11/h4-8,12,16H,9-10H2,1-3H3/t12-/m1/s1. The molecule has 0 aliphatic heterocycles. The van der Waals surface area contributed by atoms with Gasteiger partial charge >= 0.3 is 5.91 Å². The number of benzene rings is 1. The third-order valence-electron chi connectivity index (χ3n) is 2.59. The lowest BCUT2D eigenvalue weighted by atomic mass is 10.2. The molecule has 1 atom stereocenters. The van der Waals surface area contributed by atoms with Crippen LogP contribution in [0.15, 0.2) is 35.5 Å². The number of nitrogens with zero attached hydrogens (tertiary/aromatic N) is 1. The van der Waals surface area contributed by atoms with E-state index in [1.807, 2.05) is 0 Å². The minimum atomic E-state index is -3.81. The van der Waals surface area contributed by atoms with Gasteiger partial charge in [0.1, 0.15) is 6.04 Å². The number of nitroso groups, excluding NO2 is 1. The molecule has 1 aromatic rings. The molecule has 0 aliphatic carbocycles. The van der Waals surface area contributed by atoms with E-state index in [1.165, 1.54) is 0 Å². The Morgan fingerprint density at radius 2 is 1.86 bits per heavy atom. The van der Waals surface area contributed by atoms with Gasteiger partial charge in [-0.25, -0.2) is 8.42 Å². The van der Waals surface area contributed by atoms with Gasteiger partial charge in [-0.15, -0.1) is 4.91 Å². The van der Waals surface area contributed by atoms with Crippen molar-refractivity contribution in [2.24, 2.45) is 5.18 Å². The SMILES string of the molecule is CC(C)(C)OC[C@@H](NS(=O)(=O)Cc1ccccc1)C(=O)N=O. The van der Waals surface area contributed by atoms with Crippen LogP contribution in [0.4, 0.5) is 0 Å². The third kappa shape index (κ3) is 6.88. The third-order valence-corrected chi connectivity index (χ3v) is 3.95. The summed E-state index contributed by atoms with van der Waals surface area (Å²) in [6, 6.07) is 7.17. The zero-order chi connectivity index (χ0) is 16.8. The molecule has 0 aliphatic rings. The summed E-state index contributed by atoms with van der Waals surface area (Å²) in [7, 11) is -3.81. The average Bonchev–Trinajstić information content (AvgIpc) is 2.42. The number of hydrogen-bond acceptors (Lipinski definition) is 5. The van der Waals surface area contributed by atoms with E-state index in [1.54, 1.807) is 51.1 Å². The van der Waals surface area contributed by atoms with Gasteiger partial charge in [0, 0.05) is 5.18 Å². The van der Waals surface area contributed by atoms with E-state index >= 15 is 0 Å². The quantitative estimate of drug-likeness (QED) is 0.766. The highest BCUT2D eigenvalue weighted by Gasteiger charge is 2.27. The van der Waals surface area contributed by atoms with Crippen molar-refractivity contribution < 1.29 is 17.9 Å². The number of hydrogen-bond donors (Lipinski definition) is 1. The molecule has 0 fully saturated rings. The lowest BCUT2D eigenvalue weighted by Gasteiger charge is -2.23. The highest BCUT2D eigenvalue weighted by molar-refractivity contribution is 7.88. The van der Waals surface area contributed by atoms with E-state index in [9.17, 15) is 18.1 Å². The summed E-state index contributed by atoms with van der Waals surface area (Å²) in [5, 5.41) is 2.28. The van der Waals surface area contributed by atoms with Crippen LogP contribution in [0.1, 0.15) is 26.3 Å². The predicted octanol–water partition coefficient (Wildman–Crippen LogP) is 1.58. The topological polar surface area (TPSA) is 102 Å². The molecular formula is C14H20N2O5S. The molecule has 0 saturated heterocycles. The van der Waals surface area contributed by atoms with Crippen LogP contribution in [-0.4, -0.2) is 32.6 Å². The first kappa shape index (κ1) is 18.4. The fourth-order valence-electron chi connectivity index (χ4n) is 1.60. The first-order chi connectivity index (χ1) is 10.1. The Bertz CT molecular complexity index is 608. The number of carbonyl (C=O) groups excluding carboxylic acids is 1. The van der Waals surface area contributed by atoms with Crippen LogP contribution in [-0.2, 0) is 25.3 Å². The summed E-state index contributed by atoms with van der Waals surface area (Å²) in [5.74, 6) is -1.41. The van der Waals surface area contributed by atoms with E-state index in [-0.39, 0.29) is 12.4 Å². The van der Waals surface area contributed by atoms with E-state index in [0.717, 1.165) is 0 Å². The van der Waals surface area contributed by atoms with Crippen LogP contribution in [0.25, 0.3) is 0 Å². The van der Waals surface area contributed by atoms with E-state index in [0.29, 0.717) is 5.56 Å². The van der Waals surface area contributed by atoms with Gasteiger partial charge < -0.3 is 4.74 Å². The zero-order valence-electron chi connectivity index (χ0n) is 12.8. The van der Waals surface area contributed by atoms with Crippen LogP contribution in [0, 0.1) is 4.91 Å². The molecule has 0 bridgehead atoms. The molecule has 1 N–H and O–H groups in total. The Hall–Kier alpha value is -1.64. The Balaban J connectivity index is 2.79. The molecule has 1 aromatic carbocycles. The van der Waals surface area contributed by atoms with Crippen molar-refractivity contribution in [3.63, 3.8) is 0 Å². The van der Waals surface area contributed by atoms with Gasteiger partial charge in [-0.2, -0.15) is 4.72 Å². The number of carbonyl (C=O) groups is 1. The largest absolute Gasteiger partial charge is 0.374 e. The van der Waals surface area contributed by atoms with Gasteiger partial charge in [-0.1, -0.05) is 30.3 Å². The normalized spacial score (nSPS) is 13.6. The van der Waals surface area contributed by atoms with Crippen LogP contribution >= 0.6 is 0 Å². The summed E-state index contributed by atoms with van der Waals surface area (Å²) in [6.07, 6.45) is 0. The van der Waals surface area contributed by atoms with Crippen molar-refractivity contribution in [3.05, 3.63) is 40.8 Å². The highest BCUT2D eigenvalue weighted by Crippen LogP contribution is 2.10. The van der Waals surface area contributed by atoms with Crippen LogP contribution in [0.3, 0.4) is 0 Å². The van der Waals surface area contributed by atoms with Crippen LogP contribution < -0.4 is 4.72 Å². The second-order valence-electron chi connectivity index (χ2n) is 5.77. The Morgan fingerprint density at radius 1 is 1.27 bits per heavy atom. The van der Waals surface area contributed by atoms with E-state index in [4.69, 9.17) is 4.74 Å². The van der Waals surface area contributed by atoms with Crippen LogP contribution in [0.5, 0.6) is 0 Å². The first-order valence-electron chi connectivity index (χ1n) is 6.68. The van der Waals surface area contributed by atoms with Crippen molar-refractivity contribution in [3.8, 4) is 0 Å². The summed E-state index contributed by atoms with van der Waals surface area (Å²) in [5.41, 5.74) is -0.0104. The summed E-state index contributed by atoms with van der Waals surface area (Å²) in [6.45, 7) is 4.99. The van der Waals surface area contributed by atoms with Gasteiger partial charge in [0.15, 0.2) is 0 Å². The molecule has 0 aromatic heterocycles. The summed E-state index contributed by atoms with van der Waals surface area (Å²) >= 11 is 0. The number of ether oxygens (including phenoxy) is 1. The molecule has 1 amide bonds. The molecule has 0 spiro atoms. The molecule has 0 unspecified atom stereocenters. The van der Waals surface area contributed by atoms with Crippen molar-refractivity contribution in [1.82, 2.24) is 4.72 Å². The molecule has 0 saturated carbocycles. The minimum Gasteiger partial charge on any atom is -0.374 e. The van der Waals surface area contributed by atoms with Crippen molar-refractivity contribution in [1.29, 1.82) is 0 Å². The summed E-state index contributed by atoms with van der Waals surface area (Å²) < 4.78 is 31.7. The fourth-order valence-corrected chi connectivity index (χ4v) is 2.92.